The molecular weight excluding hydrogens is 248 g/mol. The second-order valence-corrected chi connectivity index (χ2v) is 6.70. The maximum atomic E-state index is 6.14. The Morgan fingerprint density at radius 3 is 2.45 bits per heavy atom. The molecule has 110 valence electrons. The summed E-state index contributed by atoms with van der Waals surface area (Å²) in [6.45, 7) is 9.76. The molecule has 0 bridgehead atoms. The number of aromatic nitrogens is 1. The first-order valence-corrected chi connectivity index (χ1v) is 7.70. The predicted molar refractivity (Wildman–Crippen MR) is 82.8 cm³/mol. The van der Waals surface area contributed by atoms with Gasteiger partial charge in [0, 0.05) is 44.5 Å². The highest BCUT2D eigenvalue weighted by molar-refractivity contribution is 5.38. The Bertz CT molecular complexity index is 449. The zero-order chi connectivity index (χ0) is 14.2. The molecule has 0 spiro atoms. The fraction of sp³-hybridized carbons (Fsp3) is 0.688. The molecule has 1 aromatic rings. The van der Waals surface area contributed by atoms with Gasteiger partial charge in [-0.3, -0.25) is 4.90 Å². The molecule has 1 aliphatic carbocycles. The van der Waals surface area contributed by atoms with Crippen LogP contribution in [-0.2, 0) is 0 Å². The summed E-state index contributed by atoms with van der Waals surface area (Å²) >= 11 is 0. The smallest absolute Gasteiger partial charge is 0.128 e. The highest BCUT2D eigenvalue weighted by atomic mass is 15.3. The zero-order valence-electron chi connectivity index (χ0n) is 12.7. The van der Waals surface area contributed by atoms with Gasteiger partial charge < -0.3 is 10.6 Å². The highest BCUT2D eigenvalue weighted by Crippen LogP contribution is 2.55. The van der Waals surface area contributed by atoms with Crippen LogP contribution >= 0.6 is 0 Å². The summed E-state index contributed by atoms with van der Waals surface area (Å²) < 4.78 is 0. The fourth-order valence-electron chi connectivity index (χ4n) is 3.45. The third-order valence-corrected chi connectivity index (χ3v) is 5.65. The van der Waals surface area contributed by atoms with Gasteiger partial charge >= 0.3 is 0 Å². The van der Waals surface area contributed by atoms with Crippen LogP contribution in [0.4, 0.5) is 5.82 Å². The minimum atomic E-state index is 0.156. The van der Waals surface area contributed by atoms with Gasteiger partial charge in [0.1, 0.15) is 5.82 Å². The Kier molecular flexibility index (Phi) is 3.46. The normalized spacial score (nSPS) is 25.2. The Morgan fingerprint density at radius 1 is 1.25 bits per heavy atom. The van der Waals surface area contributed by atoms with Crippen molar-refractivity contribution in [3.8, 4) is 0 Å². The number of hydrogen-bond donors (Lipinski definition) is 1. The van der Waals surface area contributed by atoms with E-state index in [0.717, 1.165) is 38.5 Å². The minimum absolute atomic E-state index is 0.156. The summed E-state index contributed by atoms with van der Waals surface area (Å²) in [5.41, 5.74) is 6.72. The Labute approximate surface area is 122 Å². The lowest BCUT2D eigenvalue weighted by Gasteiger charge is -2.49. The van der Waals surface area contributed by atoms with Gasteiger partial charge in [0.25, 0.3) is 0 Å². The summed E-state index contributed by atoms with van der Waals surface area (Å²) in [5.74, 6) is 1.10. The highest BCUT2D eigenvalue weighted by Gasteiger charge is 2.55. The molecule has 2 fully saturated rings. The molecule has 1 aliphatic heterocycles. The third kappa shape index (κ3) is 2.21. The molecule has 1 saturated carbocycles. The number of nitrogens with two attached hydrogens (primary N) is 1. The van der Waals surface area contributed by atoms with Gasteiger partial charge in [-0.05, 0) is 37.3 Å². The molecule has 2 heterocycles. The Hall–Kier alpha value is -1.13. The molecule has 3 rings (SSSR count). The summed E-state index contributed by atoms with van der Waals surface area (Å²) in [5, 5.41) is 0. The SMILES string of the molecule is CC1(C(C)(CN)N2CCN(c3ccccn3)CC2)CC1. The summed E-state index contributed by atoms with van der Waals surface area (Å²) in [6.07, 6.45) is 4.51. The number of pyridine rings is 1. The first kappa shape index (κ1) is 13.8. The van der Waals surface area contributed by atoms with Crippen LogP contribution in [0.2, 0.25) is 0 Å². The van der Waals surface area contributed by atoms with E-state index in [4.69, 9.17) is 5.73 Å². The Balaban J connectivity index is 1.66. The summed E-state index contributed by atoms with van der Waals surface area (Å²) in [7, 11) is 0. The second-order valence-electron chi connectivity index (χ2n) is 6.70. The molecule has 2 aliphatic rings. The second kappa shape index (κ2) is 5.01. The van der Waals surface area contributed by atoms with Gasteiger partial charge in [0.15, 0.2) is 0 Å². The lowest BCUT2D eigenvalue weighted by Crippen LogP contribution is -2.62. The average Bonchev–Trinajstić information content (AvgIpc) is 3.27. The van der Waals surface area contributed by atoms with Crippen molar-refractivity contribution in [2.75, 3.05) is 37.6 Å². The van der Waals surface area contributed by atoms with Crippen molar-refractivity contribution >= 4 is 5.82 Å². The van der Waals surface area contributed by atoms with Gasteiger partial charge in [0.05, 0.1) is 0 Å². The molecule has 1 unspecified atom stereocenters. The number of anilines is 1. The molecule has 0 radical (unpaired) electrons. The molecule has 1 aromatic heterocycles. The number of piperazine rings is 1. The molecule has 20 heavy (non-hydrogen) atoms. The zero-order valence-corrected chi connectivity index (χ0v) is 12.7. The van der Waals surface area contributed by atoms with E-state index in [1.54, 1.807) is 0 Å². The van der Waals surface area contributed by atoms with Crippen LogP contribution in [0.3, 0.4) is 0 Å². The average molecular weight is 274 g/mol. The van der Waals surface area contributed by atoms with E-state index in [1.807, 2.05) is 12.3 Å². The van der Waals surface area contributed by atoms with E-state index in [9.17, 15) is 0 Å². The van der Waals surface area contributed by atoms with E-state index < -0.39 is 0 Å². The first-order valence-electron chi connectivity index (χ1n) is 7.70. The van der Waals surface area contributed by atoms with E-state index in [1.165, 1.54) is 12.8 Å². The number of nitrogens with zero attached hydrogens (tertiary/aromatic N) is 3. The molecule has 1 saturated heterocycles. The van der Waals surface area contributed by atoms with Crippen molar-refractivity contribution in [2.24, 2.45) is 11.1 Å². The Morgan fingerprint density at radius 2 is 1.95 bits per heavy atom. The van der Waals surface area contributed by atoms with Crippen LogP contribution in [0, 0.1) is 5.41 Å². The van der Waals surface area contributed by atoms with Crippen molar-refractivity contribution in [3.05, 3.63) is 24.4 Å². The number of hydrogen-bond acceptors (Lipinski definition) is 4. The van der Waals surface area contributed by atoms with E-state index in [-0.39, 0.29) is 5.54 Å². The van der Waals surface area contributed by atoms with Crippen molar-refractivity contribution < 1.29 is 0 Å². The molecule has 2 N–H and O–H groups in total. The summed E-state index contributed by atoms with van der Waals surface area (Å²) in [4.78, 5) is 9.44. The van der Waals surface area contributed by atoms with Gasteiger partial charge in [-0.15, -0.1) is 0 Å². The molecule has 0 amide bonds. The van der Waals surface area contributed by atoms with E-state index in [2.05, 4.69) is 40.8 Å². The number of rotatable bonds is 4. The third-order valence-electron chi connectivity index (χ3n) is 5.65. The summed E-state index contributed by atoms with van der Waals surface area (Å²) in [6, 6.07) is 6.13. The molecule has 4 nitrogen and oxygen atoms in total. The maximum Gasteiger partial charge on any atom is 0.128 e. The minimum Gasteiger partial charge on any atom is -0.354 e. The van der Waals surface area contributed by atoms with E-state index >= 15 is 0 Å². The van der Waals surface area contributed by atoms with Gasteiger partial charge in [-0.1, -0.05) is 13.0 Å². The van der Waals surface area contributed by atoms with Crippen LogP contribution in [0.15, 0.2) is 24.4 Å². The first-order chi connectivity index (χ1) is 9.59. The topological polar surface area (TPSA) is 45.4 Å². The van der Waals surface area contributed by atoms with Crippen LogP contribution in [-0.4, -0.2) is 48.1 Å². The predicted octanol–water partition coefficient (Wildman–Crippen LogP) is 1.72. The lowest BCUT2D eigenvalue weighted by atomic mass is 9.81. The standard InChI is InChI=1S/C16H26N4/c1-15(6-7-15)16(2,13-17)20-11-9-19(10-12-20)14-5-3-4-8-18-14/h3-5,8H,6-7,9-13,17H2,1-2H3. The molecule has 1 atom stereocenters. The molecule has 4 heteroatoms. The molecule has 0 aromatic carbocycles. The van der Waals surface area contributed by atoms with Crippen molar-refractivity contribution in [3.63, 3.8) is 0 Å². The fourth-order valence-corrected chi connectivity index (χ4v) is 3.45. The quantitative estimate of drug-likeness (QED) is 0.908. The van der Waals surface area contributed by atoms with Crippen molar-refractivity contribution in [2.45, 2.75) is 32.2 Å². The monoisotopic (exact) mass is 274 g/mol. The lowest BCUT2D eigenvalue weighted by molar-refractivity contribution is 0.0424. The van der Waals surface area contributed by atoms with Crippen molar-refractivity contribution in [1.29, 1.82) is 0 Å². The van der Waals surface area contributed by atoms with E-state index in [0.29, 0.717) is 5.41 Å². The van der Waals surface area contributed by atoms with Crippen molar-refractivity contribution in [1.82, 2.24) is 9.88 Å². The van der Waals surface area contributed by atoms with Crippen LogP contribution in [0.1, 0.15) is 26.7 Å². The van der Waals surface area contributed by atoms with Crippen LogP contribution < -0.4 is 10.6 Å². The van der Waals surface area contributed by atoms with Crippen LogP contribution in [0.5, 0.6) is 0 Å². The van der Waals surface area contributed by atoms with Gasteiger partial charge in [0.2, 0.25) is 0 Å². The largest absolute Gasteiger partial charge is 0.354 e. The molecular formula is C16H26N4. The maximum absolute atomic E-state index is 6.14. The van der Waals surface area contributed by atoms with Gasteiger partial charge in [-0.2, -0.15) is 0 Å². The van der Waals surface area contributed by atoms with Gasteiger partial charge in [-0.25, -0.2) is 4.98 Å². The van der Waals surface area contributed by atoms with Crippen LogP contribution in [0.25, 0.3) is 0 Å².